The zero-order chi connectivity index (χ0) is 14.7. The van der Waals surface area contributed by atoms with Crippen LogP contribution in [0.3, 0.4) is 0 Å². The molecule has 1 aromatic heterocycles. The molecular weight excluding hydrogens is 306 g/mol. The Bertz CT molecular complexity index is 620. The number of likely N-dealkylation sites (tertiary alicyclic amines) is 1. The Labute approximate surface area is 132 Å². The molecular formula is C15H16ClN3OS. The third kappa shape index (κ3) is 3.54. The first kappa shape index (κ1) is 14.4. The summed E-state index contributed by atoms with van der Waals surface area (Å²) in [6.07, 6.45) is 2.21. The second kappa shape index (κ2) is 6.45. The maximum atomic E-state index is 11.9. The summed E-state index contributed by atoms with van der Waals surface area (Å²) in [6.45, 7) is 2.20. The zero-order valence-corrected chi connectivity index (χ0v) is 13.1. The third-order valence-electron chi connectivity index (χ3n) is 3.48. The molecule has 1 saturated heterocycles. The van der Waals surface area contributed by atoms with Crippen molar-refractivity contribution < 1.29 is 4.79 Å². The summed E-state index contributed by atoms with van der Waals surface area (Å²) in [7, 11) is 0. The number of nitrogens with zero attached hydrogens (tertiary/aromatic N) is 2. The second-order valence-corrected chi connectivity index (χ2v) is 6.37. The molecule has 0 saturated carbocycles. The summed E-state index contributed by atoms with van der Waals surface area (Å²) >= 11 is 7.44. The Morgan fingerprint density at radius 2 is 2.00 bits per heavy atom. The summed E-state index contributed by atoms with van der Waals surface area (Å²) in [4.78, 5) is 18.3. The maximum Gasteiger partial charge on any atom is 0.317 e. The number of urea groups is 1. The minimum Gasteiger partial charge on any atom is -0.331 e. The van der Waals surface area contributed by atoms with Crippen molar-refractivity contribution in [2.75, 3.05) is 13.1 Å². The number of aromatic nitrogens is 1. The van der Waals surface area contributed by atoms with E-state index in [9.17, 15) is 4.79 Å². The lowest BCUT2D eigenvalue weighted by Gasteiger charge is -2.15. The average molecular weight is 322 g/mol. The molecule has 110 valence electrons. The largest absolute Gasteiger partial charge is 0.331 e. The highest BCUT2D eigenvalue weighted by Crippen LogP contribution is 2.23. The first-order chi connectivity index (χ1) is 10.2. The number of hydrogen-bond acceptors (Lipinski definition) is 3. The second-order valence-electron chi connectivity index (χ2n) is 4.99. The first-order valence-corrected chi connectivity index (χ1v) is 8.21. The van der Waals surface area contributed by atoms with Crippen LogP contribution in [0.25, 0.3) is 11.3 Å². The molecule has 0 spiro atoms. The molecule has 21 heavy (non-hydrogen) atoms. The SMILES string of the molecule is O=C(NCc1nc(-c2ccc(Cl)cc2)cs1)N1CCCC1. The minimum absolute atomic E-state index is 0.00995. The number of carbonyl (C=O) groups is 1. The zero-order valence-electron chi connectivity index (χ0n) is 11.5. The standard InChI is InChI=1S/C15H16ClN3OS/c16-12-5-3-11(4-6-12)13-10-21-14(18-13)9-17-15(20)19-7-1-2-8-19/h3-6,10H,1-2,7-9H2,(H,17,20). The van der Waals surface area contributed by atoms with Gasteiger partial charge in [-0.15, -0.1) is 11.3 Å². The van der Waals surface area contributed by atoms with E-state index in [0.29, 0.717) is 11.6 Å². The van der Waals surface area contributed by atoms with E-state index in [0.717, 1.165) is 42.2 Å². The van der Waals surface area contributed by atoms with Gasteiger partial charge < -0.3 is 10.2 Å². The van der Waals surface area contributed by atoms with Gasteiger partial charge in [0, 0.05) is 29.1 Å². The number of halogens is 1. The number of rotatable bonds is 3. The Morgan fingerprint density at radius 3 is 2.71 bits per heavy atom. The van der Waals surface area contributed by atoms with Crippen molar-refractivity contribution in [2.24, 2.45) is 0 Å². The molecule has 1 N–H and O–H groups in total. The lowest BCUT2D eigenvalue weighted by molar-refractivity contribution is 0.208. The Kier molecular flexibility index (Phi) is 4.41. The molecule has 1 aliphatic heterocycles. The summed E-state index contributed by atoms with van der Waals surface area (Å²) in [5, 5.41) is 6.55. The van der Waals surface area contributed by atoms with Crippen LogP contribution < -0.4 is 5.32 Å². The fraction of sp³-hybridized carbons (Fsp3) is 0.333. The molecule has 2 aromatic rings. The number of carbonyl (C=O) groups excluding carboxylic acids is 1. The van der Waals surface area contributed by atoms with Gasteiger partial charge >= 0.3 is 6.03 Å². The van der Waals surface area contributed by atoms with E-state index in [-0.39, 0.29) is 6.03 Å². The van der Waals surface area contributed by atoms with E-state index in [4.69, 9.17) is 11.6 Å². The Balaban J connectivity index is 1.60. The van der Waals surface area contributed by atoms with Crippen molar-refractivity contribution in [1.29, 1.82) is 0 Å². The van der Waals surface area contributed by atoms with E-state index < -0.39 is 0 Å². The average Bonchev–Trinajstić information content (AvgIpc) is 3.17. The van der Waals surface area contributed by atoms with Crippen molar-refractivity contribution in [3.63, 3.8) is 0 Å². The van der Waals surface area contributed by atoms with Gasteiger partial charge in [-0.2, -0.15) is 0 Å². The van der Waals surface area contributed by atoms with Crippen molar-refractivity contribution in [3.05, 3.63) is 39.7 Å². The highest BCUT2D eigenvalue weighted by molar-refractivity contribution is 7.09. The molecule has 0 atom stereocenters. The fourth-order valence-corrected chi connectivity index (χ4v) is 3.20. The predicted octanol–water partition coefficient (Wildman–Crippen LogP) is 3.77. The number of thiazole rings is 1. The van der Waals surface area contributed by atoms with Crippen LogP contribution in [0, 0.1) is 0 Å². The van der Waals surface area contributed by atoms with Gasteiger partial charge in [0.05, 0.1) is 12.2 Å². The van der Waals surface area contributed by atoms with Crippen LogP contribution in [0.4, 0.5) is 4.79 Å². The van der Waals surface area contributed by atoms with Crippen LogP contribution in [0.5, 0.6) is 0 Å². The summed E-state index contributed by atoms with van der Waals surface area (Å²) in [6, 6.07) is 7.61. The lowest BCUT2D eigenvalue weighted by Crippen LogP contribution is -2.37. The number of hydrogen-bond donors (Lipinski definition) is 1. The molecule has 6 heteroatoms. The van der Waals surface area contributed by atoms with Gasteiger partial charge in [0.25, 0.3) is 0 Å². The van der Waals surface area contributed by atoms with Gasteiger partial charge in [0.1, 0.15) is 5.01 Å². The van der Waals surface area contributed by atoms with E-state index in [2.05, 4.69) is 10.3 Å². The van der Waals surface area contributed by atoms with Crippen molar-refractivity contribution in [2.45, 2.75) is 19.4 Å². The molecule has 1 aliphatic rings. The molecule has 0 radical (unpaired) electrons. The van der Waals surface area contributed by atoms with Crippen molar-refractivity contribution in [1.82, 2.24) is 15.2 Å². The van der Waals surface area contributed by atoms with Crippen LogP contribution in [-0.4, -0.2) is 29.0 Å². The Hall–Kier alpha value is -1.59. The van der Waals surface area contributed by atoms with Gasteiger partial charge in [-0.25, -0.2) is 9.78 Å². The third-order valence-corrected chi connectivity index (χ3v) is 4.58. The van der Waals surface area contributed by atoms with Crippen LogP contribution in [0.1, 0.15) is 17.8 Å². The van der Waals surface area contributed by atoms with Gasteiger partial charge in [0.15, 0.2) is 0 Å². The molecule has 2 heterocycles. The van der Waals surface area contributed by atoms with Gasteiger partial charge in [-0.1, -0.05) is 23.7 Å². The van der Waals surface area contributed by atoms with Crippen LogP contribution in [0.2, 0.25) is 5.02 Å². The molecule has 0 unspecified atom stereocenters. The fourth-order valence-electron chi connectivity index (χ4n) is 2.33. The first-order valence-electron chi connectivity index (χ1n) is 6.95. The van der Waals surface area contributed by atoms with Gasteiger partial charge in [-0.3, -0.25) is 0 Å². The molecule has 1 fully saturated rings. The molecule has 4 nitrogen and oxygen atoms in total. The quantitative estimate of drug-likeness (QED) is 0.935. The lowest BCUT2D eigenvalue weighted by atomic mass is 10.2. The molecule has 1 aromatic carbocycles. The topological polar surface area (TPSA) is 45.2 Å². The summed E-state index contributed by atoms with van der Waals surface area (Å²) in [5.41, 5.74) is 1.95. The van der Waals surface area contributed by atoms with Gasteiger partial charge in [0.2, 0.25) is 0 Å². The predicted molar refractivity (Wildman–Crippen MR) is 85.6 cm³/mol. The maximum absolute atomic E-state index is 11.9. The molecule has 3 rings (SSSR count). The van der Waals surface area contributed by atoms with Crippen LogP contribution >= 0.6 is 22.9 Å². The highest BCUT2D eigenvalue weighted by Gasteiger charge is 2.17. The highest BCUT2D eigenvalue weighted by atomic mass is 35.5. The molecule has 2 amide bonds. The van der Waals surface area contributed by atoms with Gasteiger partial charge in [-0.05, 0) is 25.0 Å². The van der Waals surface area contributed by atoms with Crippen molar-refractivity contribution in [3.8, 4) is 11.3 Å². The molecule has 0 bridgehead atoms. The van der Waals surface area contributed by atoms with Crippen molar-refractivity contribution >= 4 is 29.0 Å². The number of amides is 2. The summed E-state index contributed by atoms with van der Waals surface area (Å²) < 4.78 is 0. The van der Waals surface area contributed by atoms with E-state index in [1.54, 1.807) is 11.3 Å². The van der Waals surface area contributed by atoms with Crippen LogP contribution in [-0.2, 0) is 6.54 Å². The van der Waals surface area contributed by atoms with E-state index >= 15 is 0 Å². The summed E-state index contributed by atoms with van der Waals surface area (Å²) in [5.74, 6) is 0. The van der Waals surface area contributed by atoms with E-state index in [1.807, 2.05) is 34.5 Å². The monoisotopic (exact) mass is 321 g/mol. The number of nitrogens with one attached hydrogen (secondary N) is 1. The molecule has 0 aliphatic carbocycles. The van der Waals surface area contributed by atoms with Crippen LogP contribution in [0.15, 0.2) is 29.6 Å². The Morgan fingerprint density at radius 1 is 1.29 bits per heavy atom. The minimum atomic E-state index is 0.00995. The smallest absolute Gasteiger partial charge is 0.317 e. The normalized spacial score (nSPS) is 14.4. The van der Waals surface area contributed by atoms with E-state index in [1.165, 1.54) is 0 Å². The number of benzene rings is 1.